The van der Waals surface area contributed by atoms with Gasteiger partial charge in [-0.15, -0.1) is 11.3 Å². The highest BCUT2D eigenvalue weighted by Gasteiger charge is 2.27. The summed E-state index contributed by atoms with van der Waals surface area (Å²) in [6.07, 6.45) is 2.00. The summed E-state index contributed by atoms with van der Waals surface area (Å²) < 4.78 is 5.32. The fraction of sp³-hybridized carbons (Fsp3) is 0.259. The summed E-state index contributed by atoms with van der Waals surface area (Å²) >= 11 is 1.36. The van der Waals surface area contributed by atoms with Crippen LogP contribution in [0.2, 0.25) is 0 Å². The standard InChI is InChI=1S/C27H29N3O3S/c1-17(2)25(30-26(31)24-9-6-14-34-24)27(32)29-15-21(18-10-12-19(33-3)13-11-18)22-16-28-23-8-5-4-7-20(22)23/h4-14,16-17,21,25,28H,15H2,1-3H3,(H,29,32)(H,30,31)/t21-,25+/m1/s1. The summed E-state index contributed by atoms with van der Waals surface area (Å²) in [5.41, 5.74) is 3.21. The van der Waals surface area contributed by atoms with Gasteiger partial charge < -0.3 is 20.4 Å². The van der Waals surface area contributed by atoms with E-state index in [0.29, 0.717) is 11.4 Å². The van der Waals surface area contributed by atoms with E-state index >= 15 is 0 Å². The number of aromatic nitrogens is 1. The predicted molar refractivity (Wildman–Crippen MR) is 137 cm³/mol. The zero-order valence-electron chi connectivity index (χ0n) is 19.5. The van der Waals surface area contributed by atoms with Crippen molar-refractivity contribution in [3.8, 4) is 5.75 Å². The second-order valence-corrected chi connectivity index (χ2v) is 9.48. The first-order chi connectivity index (χ1) is 16.5. The minimum atomic E-state index is -0.630. The number of H-pyrrole nitrogens is 1. The Morgan fingerprint density at radius 2 is 1.79 bits per heavy atom. The molecule has 0 saturated carbocycles. The Kier molecular flexibility index (Phi) is 7.33. The van der Waals surface area contributed by atoms with Gasteiger partial charge in [-0.2, -0.15) is 0 Å². The summed E-state index contributed by atoms with van der Waals surface area (Å²) in [5, 5.41) is 8.96. The summed E-state index contributed by atoms with van der Waals surface area (Å²) in [6, 6.07) is 19.0. The van der Waals surface area contributed by atoms with Crippen molar-refractivity contribution in [2.24, 2.45) is 5.92 Å². The topological polar surface area (TPSA) is 83.2 Å². The number of hydrogen-bond donors (Lipinski definition) is 3. The molecule has 0 saturated heterocycles. The van der Waals surface area contributed by atoms with Crippen LogP contribution in [0, 0.1) is 5.92 Å². The van der Waals surface area contributed by atoms with Crippen molar-refractivity contribution >= 4 is 34.1 Å². The van der Waals surface area contributed by atoms with Gasteiger partial charge in [0.2, 0.25) is 5.91 Å². The first-order valence-corrected chi connectivity index (χ1v) is 12.2. The molecule has 2 heterocycles. The fourth-order valence-corrected chi connectivity index (χ4v) is 4.72. The van der Waals surface area contributed by atoms with Crippen LogP contribution in [0.1, 0.15) is 40.6 Å². The van der Waals surface area contributed by atoms with Crippen molar-refractivity contribution in [1.29, 1.82) is 0 Å². The lowest BCUT2D eigenvalue weighted by molar-refractivity contribution is -0.123. The molecule has 3 N–H and O–H groups in total. The van der Waals surface area contributed by atoms with Crippen molar-refractivity contribution in [3.63, 3.8) is 0 Å². The van der Waals surface area contributed by atoms with E-state index in [1.165, 1.54) is 11.3 Å². The molecule has 4 rings (SSSR count). The molecule has 0 spiro atoms. The van der Waals surface area contributed by atoms with Gasteiger partial charge in [0.15, 0.2) is 0 Å². The Bertz CT molecular complexity index is 1250. The van der Waals surface area contributed by atoms with Crippen molar-refractivity contribution in [1.82, 2.24) is 15.6 Å². The molecule has 0 aliphatic rings. The number of carbonyl (C=O) groups excluding carboxylic acids is 2. The van der Waals surface area contributed by atoms with Gasteiger partial charge in [-0.1, -0.05) is 50.2 Å². The third-order valence-electron chi connectivity index (χ3n) is 5.98. The van der Waals surface area contributed by atoms with Gasteiger partial charge in [-0.25, -0.2) is 0 Å². The molecule has 0 radical (unpaired) electrons. The zero-order valence-corrected chi connectivity index (χ0v) is 20.3. The van der Waals surface area contributed by atoms with Gasteiger partial charge >= 0.3 is 0 Å². The van der Waals surface area contributed by atoms with Crippen molar-refractivity contribution in [3.05, 3.63) is 88.2 Å². The molecule has 6 nitrogen and oxygen atoms in total. The highest BCUT2D eigenvalue weighted by molar-refractivity contribution is 7.12. The van der Waals surface area contributed by atoms with E-state index in [1.807, 2.05) is 74.0 Å². The Labute approximate surface area is 203 Å². The molecule has 176 valence electrons. The van der Waals surface area contributed by atoms with Gasteiger partial charge in [-0.05, 0) is 46.7 Å². The van der Waals surface area contributed by atoms with E-state index in [1.54, 1.807) is 13.2 Å². The second-order valence-electron chi connectivity index (χ2n) is 8.53. The maximum absolute atomic E-state index is 13.2. The van der Waals surface area contributed by atoms with Gasteiger partial charge in [0.1, 0.15) is 11.8 Å². The zero-order chi connectivity index (χ0) is 24.1. The van der Waals surface area contributed by atoms with Gasteiger partial charge in [-0.3, -0.25) is 9.59 Å². The monoisotopic (exact) mass is 475 g/mol. The number of hydrogen-bond acceptors (Lipinski definition) is 4. The van der Waals surface area contributed by atoms with Crippen LogP contribution in [0.4, 0.5) is 0 Å². The molecule has 0 bridgehead atoms. The molecular formula is C27H29N3O3S. The van der Waals surface area contributed by atoms with E-state index in [4.69, 9.17) is 4.74 Å². The number of amides is 2. The number of ether oxygens (including phenoxy) is 1. The first-order valence-electron chi connectivity index (χ1n) is 11.3. The third-order valence-corrected chi connectivity index (χ3v) is 6.84. The highest BCUT2D eigenvalue weighted by atomic mass is 32.1. The molecular weight excluding hydrogens is 446 g/mol. The normalized spacial score (nSPS) is 12.9. The minimum Gasteiger partial charge on any atom is -0.497 e. The predicted octanol–water partition coefficient (Wildman–Crippen LogP) is 4.94. The summed E-state index contributed by atoms with van der Waals surface area (Å²) in [5.74, 6) is 0.218. The molecule has 2 atom stereocenters. The minimum absolute atomic E-state index is 0.0589. The van der Waals surface area contributed by atoms with Crippen LogP contribution in [0.3, 0.4) is 0 Å². The van der Waals surface area contributed by atoms with Crippen LogP contribution in [0.15, 0.2) is 72.2 Å². The van der Waals surface area contributed by atoms with Crippen LogP contribution < -0.4 is 15.4 Å². The lowest BCUT2D eigenvalue weighted by Crippen LogP contribution is -2.50. The number of aromatic amines is 1. The van der Waals surface area contributed by atoms with E-state index in [0.717, 1.165) is 27.8 Å². The Morgan fingerprint density at radius 3 is 2.47 bits per heavy atom. The second kappa shape index (κ2) is 10.6. The van der Waals surface area contributed by atoms with E-state index in [9.17, 15) is 9.59 Å². The maximum Gasteiger partial charge on any atom is 0.262 e. The molecule has 0 unspecified atom stereocenters. The Balaban J connectivity index is 1.57. The van der Waals surface area contributed by atoms with Crippen LogP contribution in [0.25, 0.3) is 10.9 Å². The summed E-state index contributed by atoms with van der Waals surface area (Å²) in [7, 11) is 1.64. The summed E-state index contributed by atoms with van der Waals surface area (Å²) in [6.45, 7) is 4.25. The molecule has 4 aromatic rings. The lowest BCUT2D eigenvalue weighted by Gasteiger charge is -2.24. The number of rotatable bonds is 9. The lowest BCUT2D eigenvalue weighted by atomic mass is 9.90. The molecule has 0 aliphatic carbocycles. The average Bonchev–Trinajstić information content (AvgIpc) is 3.53. The highest BCUT2D eigenvalue weighted by Crippen LogP contribution is 2.31. The van der Waals surface area contributed by atoms with E-state index < -0.39 is 6.04 Å². The molecule has 7 heteroatoms. The molecule has 0 aliphatic heterocycles. The van der Waals surface area contributed by atoms with Crippen molar-refractivity contribution in [2.45, 2.75) is 25.8 Å². The van der Waals surface area contributed by atoms with E-state index in [-0.39, 0.29) is 23.7 Å². The number of thiophene rings is 1. The van der Waals surface area contributed by atoms with Gasteiger partial charge in [0.25, 0.3) is 5.91 Å². The van der Waals surface area contributed by atoms with Crippen LogP contribution in [-0.4, -0.2) is 36.5 Å². The Morgan fingerprint density at radius 1 is 1.03 bits per heavy atom. The molecule has 2 aromatic heterocycles. The molecule has 2 amide bonds. The SMILES string of the molecule is COc1ccc([C@@H](CNC(=O)[C@@H](NC(=O)c2cccs2)C(C)C)c2c[nH]c3ccccc23)cc1. The number of methoxy groups -OCH3 is 1. The number of carbonyl (C=O) groups is 2. The smallest absolute Gasteiger partial charge is 0.262 e. The van der Waals surface area contributed by atoms with Gasteiger partial charge in [0.05, 0.1) is 12.0 Å². The van der Waals surface area contributed by atoms with Gasteiger partial charge in [0, 0.05) is 29.6 Å². The van der Waals surface area contributed by atoms with Crippen molar-refractivity contribution < 1.29 is 14.3 Å². The quantitative estimate of drug-likeness (QED) is 0.321. The third kappa shape index (κ3) is 5.15. The Hall–Kier alpha value is -3.58. The van der Waals surface area contributed by atoms with E-state index in [2.05, 4.69) is 21.7 Å². The number of para-hydroxylation sites is 1. The van der Waals surface area contributed by atoms with Crippen LogP contribution in [-0.2, 0) is 4.79 Å². The van der Waals surface area contributed by atoms with Crippen LogP contribution in [0.5, 0.6) is 5.75 Å². The average molecular weight is 476 g/mol. The number of nitrogens with one attached hydrogen (secondary N) is 3. The fourth-order valence-electron chi connectivity index (χ4n) is 4.09. The van der Waals surface area contributed by atoms with Crippen molar-refractivity contribution in [2.75, 3.05) is 13.7 Å². The molecule has 0 fully saturated rings. The maximum atomic E-state index is 13.2. The van der Waals surface area contributed by atoms with Crippen LogP contribution >= 0.6 is 11.3 Å². The first kappa shape index (κ1) is 23.6. The largest absolute Gasteiger partial charge is 0.497 e. The molecule has 2 aromatic carbocycles. The summed E-state index contributed by atoms with van der Waals surface area (Å²) in [4.78, 5) is 29.7. The number of benzene rings is 2. The number of fused-ring (bicyclic) bond motifs is 1. The molecule has 34 heavy (non-hydrogen) atoms.